The van der Waals surface area contributed by atoms with Crippen molar-refractivity contribution >= 4 is 27.8 Å². The molecule has 0 bridgehead atoms. The van der Waals surface area contributed by atoms with Crippen molar-refractivity contribution < 1.29 is 27.8 Å². The van der Waals surface area contributed by atoms with E-state index in [0.717, 1.165) is 29.5 Å². The summed E-state index contributed by atoms with van der Waals surface area (Å²) in [5.41, 5.74) is 1.19. The molecule has 40 heavy (non-hydrogen) atoms. The van der Waals surface area contributed by atoms with E-state index in [1.165, 1.54) is 22.8 Å². The Labute approximate surface area is 229 Å². The molecule has 0 saturated carbocycles. The van der Waals surface area contributed by atoms with Crippen molar-refractivity contribution in [3.8, 4) is 28.6 Å². The molecule has 5 aromatic rings. The van der Waals surface area contributed by atoms with E-state index >= 15 is 0 Å². The van der Waals surface area contributed by atoms with Gasteiger partial charge >= 0.3 is 4.87 Å². The number of H-pyrrole nitrogens is 1. The highest BCUT2D eigenvalue weighted by Gasteiger charge is 2.20. The van der Waals surface area contributed by atoms with Gasteiger partial charge in [0.2, 0.25) is 11.3 Å². The second-order valence-corrected chi connectivity index (χ2v) is 9.73. The monoisotopic (exact) mass is 566 g/mol. The minimum Gasteiger partial charge on any atom is -0.493 e. The summed E-state index contributed by atoms with van der Waals surface area (Å²) in [6.07, 6.45) is 0. The minimum atomic E-state index is -1.11. The van der Waals surface area contributed by atoms with Gasteiger partial charge in [-0.2, -0.15) is 0 Å². The molecular formula is C29H21F3N2O5S. The fourth-order valence-electron chi connectivity index (χ4n) is 4.29. The Kier molecular flexibility index (Phi) is 7.22. The summed E-state index contributed by atoms with van der Waals surface area (Å²) in [4.78, 5) is 27.0. The predicted molar refractivity (Wildman–Crippen MR) is 147 cm³/mol. The summed E-state index contributed by atoms with van der Waals surface area (Å²) in [7, 11) is 1.57. The number of benzene rings is 3. The Morgan fingerprint density at radius 2 is 1.70 bits per heavy atom. The van der Waals surface area contributed by atoms with Crippen molar-refractivity contribution in [1.82, 2.24) is 9.55 Å². The molecule has 0 spiro atoms. The first-order valence-corrected chi connectivity index (χ1v) is 12.7. The van der Waals surface area contributed by atoms with Gasteiger partial charge in [0.15, 0.2) is 17.4 Å². The minimum absolute atomic E-state index is 0.0301. The first-order valence-electron chi connectivity index (χ1n) is 11.9. The molecule has 204 valence electrons. The van der Waals surface area contributed by atoms with Gasteiger partial charge in [0, 0.05) is 18.0 Å². The highest BCUT2D eigenvalue weighted by molar-refractivity contribution is 7.10. The van der Waals surface area contributed by atoms with Gasteiger partial charge in [-0.1, -0.05) is 30.0 Å². The van der Waals surface area contributed by atoms with E-state index in [4.69, 9.17) is 9.47 Å². The molecule has 0 unspecified atom stereocenters. The Morgan fingerprint density at radius 3 is 2.38 bits per heavy atom. The summed E-state index contributed by atoms with van der Waals surface area (Å²) in [6, 6.07) is 13.6. The maximum Gasteiger partial charge on any atom is 0.307 e. The SMILES string of the molecule is C=C(c1ccc(OCCOc2c(-c3ccc(F)c(F)c3)n(C)c3cc(F)ccc3c2=O)cc1)c1sc(=O)[nH]c1O. The Balaban J connectivity index is 1.36. The summed E-state index contributed by atoms with van der Waals surface area (Å²) < 4.78 is 54.7. The van der Waals surface area contributed by atoms with Crippen molar-refractivity contribution in [2.45, 2.75) is 0 Å². The molecule has 11 heteroatoms. The number of aryl methyl sites for hydroxylation is 1. The third-order valence-corrected chi connectivity index (χ3v) is 7.15. The summed E-state index contributed by atoms with van der Waals surface area (Å²) >= 11 is 0.847. The number of thiazole rings is 1. The summed E-state index contributed by atoms with van der Waals surface area (Å²) in [5, 5.41) is 10.1. The zero-order valence-electron chi connectivity index (χ0n) is 21.0. The number of aromatic hydroxyl groups is 1. The number of nitrogens with zero attached hydrogens (tertiary/aromatic N) is 1. The average molecular weight is 567 g/mol. The topological polar surface area (TPSA) is 93.5 Å². The zero-order valence-corrected chi connectivity index (χ0v) is 21.8. The van der Waals surface area contributed by atoms with Gasteiger partial charge in [0.25, 0.3) is 0 Å². The van der Waals surface area contributed by atoms with E-state index in [2.05, 4.69) is 11.6 Å². The maximum absolute atomic E-state index is 14.1. The third kappa shape index (κ3) is 5.10. The van der Waals surface area contributed by atoms with Crippen molar-refractivity contribution in [2.24, 2.45) is 7.05 Å². The molecule has 0 radical (unpaired) electrons. The third-order valence-electron chi connectivity index (χ3n) is 6.22. The lowest BCUT2D eigenvalue weighted by Crippen LogP contribution is -2.18. The van der Waals surface area contributed by atoms with Crippen LogP contribution in [0.25, 0.3) is 27.7 Å². The maximum atomic E-state index is 14.1. The molecular weight excluding hydrogens is 545 g/mol. The average Bonchev–Trinajstić information content (AvgIpc) is 3.28. The van der Waals surface area contributed by atoms with Crippen LogP contribution in [0.5, 0.6) is 17.4 Å². The van der Waals surface area contributed by atoms with Gasteiger partial charge in [-0.3, -0.25) is 14.6 Å². The van der Waals surface area contributed by atoms with Crippen LogP contribution in [0, 0.1) is 17.5 Å². The molecule has 2 heterocycles. The number of hydrogen-bond donors (Lipinski definition) is 2. The molecule has 3 aromatic carbocycles. The predicted octanol–water partition coefficient (Wildman–Crippen LogP) is 5.60. The Bertz CT molecular complexity index is 1880. The van der Waals surface area contributed by atoms with Crippen LogP contribution in [0.15, 0.2) is 76.8 Å². The summed E-state index contributed by atoms with van der Waals surface area (Å²) in [6.45, 7) is 3.89. The Morgan fingerprint density at radius 1 is 0.975 bits per heavy atom. The Hall–Kier alpha value is -4.77. The fourth-order valence-corrected chi connectivity index (χ4v) is 5.01. The molecule has 0 amide bonds. The van der Waals surface area contributed by atoms with Crippen LogP contribution in [0.2, 0.25) is 0 Å². The lowest BCUT2D eigenvalue weighted by Gasteiger charge is -2.18. The number of rotatable bonds is 8. The quantitative estimate of drug-likeness (QED) is 0.239. The van der Waals surface area contributed by atoms with E-state index < -0.39 is 27.8 Å². The van der Waals surface area contributed by atoms with Gasteiger partial charge in [-0.25, -0.2) is 13.2 Å². The van der Waals surface area contributed by atoms with Crippen LogP contribution in [0.3, 0.4) is 0 Å². The normalized spacial score (nSPS) is 11.1. The van der Waals surface area contributed by atoms with Crippen LogP contribution in [-0.4, -0.2) is 27.9 Å². The fraction of sp³-hybridized carbons (Fsp3) is 0.103. The number of ether oxygens (including phenoxy) is 2. The van der Waals surface area contributed by atoms with Crippen LogP contribution in [-0.2, 0) is 7.05 Å². The highest BCUT2D eigenvalue weighted by atomic mass is 32.1. The molecule has 7 nitrogen and oxygen atoms in total. The molecule has 0 aliphatic heterocycles. The first kappa shape index (κ1) is 26.8. The molecule has 0 saturated heterocycles. The molecule has 0 aliphatic rings. The number of hydrogen-bond acceptors (Lipinski definition) is 6. The highest BCUT2D eigenvalue weighted by Crippen LogP contribution is 2.32. The van der Waals surface area contributed by atoms with Crippen LogP contribution in [0.4, 0.5) is 13.2 Å². The second-order valence-electron chi connectivity index (χ2n) is 8.75. The molecule has 2 aromatic heterocycles. The van der Waals surface area contributed by atoms with Crippen molar-refractivity contribution in [2.75, 3.05) is 13.2 Å². The van der Waals surface area contributed by atoms with Crippen LogP contribution < -0.4 is 19.8 Å². The van der Waals surface area contributed by atoms with Gasteiger partial charge in [-0.05, 0) is 59.7 Å². The molecule has 0 fully saturated rings. The summed E-state index contributed by atoms with van der Waals surface area (Å²) in [5.74, 6) is -2.60. The zero-order chi connectivity index (χ0) is 28.6. The van der Waals surface area contributed by atoms with Gasteiger partial charge in [-0.15, -0.1) is 0 Å². The smallest absolute Gasteiger partial charge is 0.307 e. The molecule has 0 atom stereocenters. The van der Waals surface area contributed by atoms with E-state index in [1.54, 1.807) is 31.3 Å². The lowest BCUT2D eigenvalue weighted by atomic mass is 10.1. The lowest BCUT2D eigenvalue weighted by molar-refractivity contribution is 0.216. The number of halogens is 3. The first-order chi connectivity index (χ1) is 19.1. The van der Waals surface area contributed by atoms with Crippen LogP contribution in [0.1, 0.15) is 10.4 Å². The van der Waals surface area contributed by atoms with Gasteiger partial charge in [0.1, 0.15) is 24.8 Å². The molecule has 0 aliphatic carbocycles. The van der Waals surface area contributed by atoms with E-state index in [0.29, 0.717) is 21.8 Å². The van der Waals surface area contributed by atoms with E-state index in [1.807, 2.05) is 0 Å². The molecule has 5 rings (SSSR count). The van der Waals surface area contributed by atoms with Crippen molar-refractivity contribution in [3.05, 3.63) is 115 Å². The number of aromatic nitrogens is 2. The van der Waals surface area contributed by atoms with E-state index in [9.17, 15) is 27.9 Å². The van der Waals surface area contributed by atoms with Crippen molar-refractivity contribution in [3.63, 3.8) is 0 Å². The standard InChI is InChI=1S/C29H21F3N2O5S/c1-15(27-28(36)33-29(37)40-27)16-3-7-19(8-4-16)38-11-12-39-26-24(17-5-10-21(31)22(32)13-17)34(2)23-14-18(30)6-9-20(23)25(26)35/h3-10,13-14,36H,1,11-12H2,2H3,(H,33,37). The molecule has 2 N–H and O–H groups in total. The van der Waals surface area contributed by atoms with Gasteiger partial charge in [0.05, 0.1) is 16.1 Å². The number of aromatic amines is 1. The van der Waals surface area contributed by atoms with E-state index in [-0.39, 0.29) is 47.0 Å². The largest absolute Gasteiger partial charge is 0.493 e. The second kappa shape index (κ2) is 10.8. The number of nitrogens with one attached hydrogen (secondary N) is 1. The number of pyridine rings is 1. The van der Waals surface area contributed by atoms with Crippen LogP contribution >= 0.6 is 11.3 Å². The number of fused-ring (bicyclic) bond motifs is 1. The van der Waals surface area contributed by atoms with Crippen molar-refractivity contribution in [1.29, 1.82) is 0 Å². The van der Waals surface area contributed by atoms with Gasteiger partial charge < -0.3 is 19.1 Å².